The van der Waals surface area contributed by atoms with Crippen LogP contribution < -0.4 is 10.6 Å². The number of aryl methyl sites for hydroxylation is 2. The number of carboxylic acid groups (broad SMARTS) is 1. The van der Waals surface area contributed by atoms with Crippen molar-refractivity contribution in [1.29, 1.82) is 0 Å². The van der Waals surface area contributed by atoms with E-state index in [0.29, 0.717) is 37.9 Å². The van der Waals surface area contributed by atoms with Gasteiger partial charge in [0.2, 0.25) is 5.95 Å². The number of nitrogens with one attached hydrogen (secondary N) is 2. The summed E-state index contributed by atoms with van der Waals surface area (Å²) in [6, 6.07) is 3.39. The Morgan fingerprint density at radius 2 is 1.97 bits per heavy atom. The predicted molar refractivity (Wildman–Crippen MR) is 144 cm³/mol. The first-order chi connectivity index (χ1) is 17.8. The van der Waals surface area contributed by atoms with E-state index in [1.54, 1.807) is 12.4 Å². The Bertz CT molecular complexity index is 1150. The number of sulfone groups is 1. The van der Waals surface area contributed by atoms with Crippen molar-refractivity contribution < 1.29 is 18.3 Å². The van der Waals surface area contributed by atoms with Crippen molar-refractivity contribution >= 4 is 27.6 Å². The predicted octanol–water partition coefficient (Wildman–Crippen LogP) is 2.73. The molecule has 202 valence electrons. The van der Waals surface area contributed by atoms with Crippen LogP contribution in [0.1, 0.15) is 61.3 Å². The van der Waals surface area contributed by atoms with Crippen molar-refractivity contribution in [3.05, 3.63) is 41.3 Å². The van der Waals surface area contributed by atoms with Crippen LogP contribution in [0.25, 0.3) is 0 Å². The summed E-state index contributed by atoms with van der Waals surface area (Å²) in [5.41, 5.74) is 3.41. The smallest absolute Gasteiger partial charge is 0.326 e. The second-order valence-electron chi connectivity index (χ2n) is 10.2. The highest BCUT2D eigenvalue weighted by atomic mass is 32.2. The zero-order chi connectivity index (χ0) is 26.3. The van der Waals surface area contributed by atoms with Gasteiger partial charge in [0.25, 0.3) is 0 Å². The van der Waals surface area contributed by atoms with Gasteiger partial charge in [0, 0.05) is 44.0 Å². The van der Waals surface area contributed by atoms with E-state index in [9.17, 15) is 18.3 Å². The van der Waals surface area contributed by atoms with Crippen LogP contribution in [0, 0.1) is 0 Å². The molecule has 3 N–H and O–H groups in total. The number of nitrogens with zero attached hydrogens (tertiary/aromatic N) is 4. The van der Waals surface area contributed by atoms with Gasteiger partial charge in [-0.1, -0.05) is 6.07 Å². The van der Waals surface area contributed by atoms with Crippen LogP contribution in [0.15, 0.2) is 24.5 Å². The number of rotatable bonds is 15. The zero-order valence-electron chi connectivity index (χ0n) is 21.5. The van der Waals surface area contributed by atoms with Gasteiger partial charge in [0.15, 0.2) is 0 Å². The first-order valence-electron chi connectivity index (χ1n) is 13.2. The number of anilines is 2. The Balaban J connectivity index is 1.27. The number of hydrogen-bond donors (Lipinski definition) is 3. The summed E-state index contributed by atoms with van der Waals surface area (Å²) in [6.45, 7) is 2.49. The van der Waals surface area contributed by atoms with Crippen molar-refractivity contribution in [3.63, 3.8) is 0 Å². The van der Waals surface area contributed by atoms with Crippen molar-refractivity contribution in [2.45, 2.75) is 63.3 Å². The Hall–Kier alpha value is -2.79. The molecule has 0 radical (unpaired) electrons. The van der Waals surface area contributed by atoms with E-state index in [2.05, 4.69) is 32.7 Å². The molecule has 0 spiro atoms. The number of pyridine rings is 1. The Labute approximate surface area is 219 Å². The van der Waals surface area contributed by atoms with E-state index in [4.69, 9.17) is 4.98 Å². The van der Waals surface area contributed by atoms with Gasteiger partial charge in [-0.05, 0) is 81.0 Å². The third kappa shape index (κ3) is 8.92. The summed E-state index contributed by atoms with van der Waals surface area (Å²) in [5.74, 6) is 0.892. The third-order valence-corrected chi connectivity index (χ3v) is 7.87. The van der Waals surface area contributed by atoms with Gasteiger partial charge < -0.3 is 20.6 Å². The molecule has 0 aromatic carbocycles. The molecule has 0 amide bonds. The second kappa shape index (κ2) is 12.6. The standard InChI is InChI=1S/C26H38N6O4S/c1-37(35,36)16-15-32(13-3-2-6-22-10-9-20-5-4-12-27-24(20)30-22)14-11-23(25(33)34)31-26-28-17-21(18-29-26)19-7-8-19/h9-10,17-19,23H,2-8,11-16H2,1H3,(H,27,30)(H,33,34)(H,28,29,31). The monoisotopic (exact) mass is 530 g/mol. The molecule has 2 aromatic rings. The molecule has 1 aliphatic heterocycles. The minimum atomic E-state index is -3.12. The van der Waals surface area contributed by atoms with E-state index in [1.165, 1.54) is 11.8 Å². The van der Waals surface area contributed by atoms with Crippen molar-refractivity contribution in [2.75, 3.05) is 48.8 Å². The summed E-state index contributed by atoms with van der Waals surface area (Å²) in [4.78, 5) is 27.2. The molecule has 1 unspecified atom stereocenters. The normalized spacial score (nSPS) is 16.2. The third-order valence-electron chi connectivity index (χ3n) is 6.94. The molecule has 2 aromatic heterocycles. The topological polar surface area (TPSA) is 137 Å². The molecule has 37 heavy (non-hydrogen) atoms. The molecule has 1 saturated carbocycles. The fourth-order valence-corrected chi connectivity index (χ4v) is 5.13. The maximum atomic E-state index is 11.9. The average molecular weight is 531 g/mol. The number of fused-ring (bicyclic) bond motifs is 1. The molecular formula is C26H38N6O4S. The van der Waals surface area contributed by atoms with E-state index in [1.807, 2.05) is 4.90 Å². The van der Waals surface area contributed by atoms with E-state index in [-0.39, 0.29) is 5.75 Å². The first-order valence-corrected chi connectivity index (χ1v) is 15.3. The van der Waals surface area contributed by atoms with Crippen LogP contribution >= 0.6 is 0 Å². The number of carbonyl (C=O) groups is 1. The molecular weight excluding hydrogens is 492 g/mol. The summed E-state index contributed by atoms with van der Waals surface area (Å²) < 4.78 is 23.5. The number of aliphatic carboxylic acids is 1. The van der Waals surface area contributed by atoms with Gasteiger partial charge in [-0.2, -0.15) is 0 Å². The molecule has 0 saturated heterocycles. The summed E-state index contributed by atoms with van der Waals surface area (Å²) in [5, 5.41) is 16.0. The minimum Gasteiger partial charge on any atom is -0.480 e. The van der Waals surface area contributed by atoms with Crippen LogP contribution in [-0.2, 0) is 27.5 Å². The second-order valence-corrected chi connectivity index (χ2v) is 12.5. The highest BCUT2D eigenvalue weighted by Gasteiger charge is 2.25. The number of hydrogen-bond acceptors (Lipinski definition) is 9. The highest BCUT2D eigenvalue weighted by molar-refractivity contribution is 7.90. The Morgan fingerprint density at radius 1 is 1.19 bits per heavy atom. The molecule has 2 aliphatic rings. The fourth-order valence-electron chi connectivity index (χ4n) is 4.54. The Morgan fingerprint density at radius 3 is 2.68 bits per heavy atom. The molecule has 1 fully saturated rings. The van der Waals surface area contributed by atoms with Gasteiger partial charge in [0.1, 0.15) is 21.7 Å². The van der Waals surface area contributed by atoms with Crippen LogP contribution in [-0.4, -0.2) is 83.6 Å². The van der Waals surface area contributed by atoms with E-state index in [0.717, 1.165) is 68.6 Å². The lowest BCUT2D eigenvalue weighted by Gasteiger charge is -2.24. The highest BCUT2D eigenvalue weighted by Crippen LogP contribution is 2.39. The average Bonchev–Trinajstić information content (AvgIpc) is 3.72. The van der Waals surface area contributed by atoms with Crippen molar-refractivity contribution in [1.82, 2.24) is 19.9 Å². The van der Waals surface area contributed by atoms with Crippen LogP contribution in [0.2, 0.25) is 0 Å². The molecule has 1 atom stereocenters. The van der Waals surface area contributed by atoms with Crippen LogP contribution in [0.4, 0.5) is 11.8 Å². The number of carboxylic acids is 1. The summed E-state index contributed by atoms with van der Waals surface area (Å²) in [6.07, 6.45) is 12.2. The quantitative estimate of drug-likeness (QED) is 0.295. The van der Waals surface area contributed by atoms with Gasteiger partial charge in [-0.25, -0.2) is 28.2 Å². The zero-order valence-corrected chi connectivity index (χ0v) is 22.3. The molecule has 11 heteroatoms. The number of unbranched alkanes of at least 4 members (excludes halogenated alkanes) is 1. The molecule has 1 aliphatic carbocycles. The first kappa shape index (κ1) is 27.3. The van der Waals surface area contributed by atoms with Crippen molar-refractivity contribution in [2.24, 2.45) is 0 Å². The number of aromatic nitrogens is 3. The molecule has 3 heterocycles. The molecule has 0 bridgehead atoms. The summed E-state index contributed by atoms with van der Waals surface area (Å²) in [7, 11) is -3.12. The van der Waals surface area contributed by atoms with Crippen molar-refractivity contribution in [3.8, 4) is 0 Å². The minimum absolute atomic E-state index is 0.0436. The SMILES string of the molecule is CS(=O)(=O)CCN(CCCCc1ccc2c(n1)NCCC2)CCC(Nc1ncc(C2CC2)cn1)C(=O)O. The lowest BCUT2D eigenvalue weighted by molar-refractivity contribution is -0.138. The Kier molecular flexibility index (Phi) is 9.31. The lowest BCUT2D eigenvalue weighted by atomic mass is 10.1. The van der Waals surface area contributed by atoms with Crippen LogP contribution in [0.5, 0.6) is 0 Å². The van der Waals surface area contributed by atoms with E-state index >= 15 is 0 Å². The van der Waals surface area contributed by atoms with Gasteiger partial charge in [-0.15, -0.1) is 0 Å². The van der Waals surface area contributed by atoms with Gasteiger partial charge >= 0.3 is 5.97 Å². The maximum absolute atomic E-state index is 11.9. The largest absolute Gasteiger partial charge is 0.480 e. The fraction of sp³-hybridized carbons (Fsp3) is 0.615. The van der Waals surface area contributed by atoms with E-state index < -0.39 is 21.8 Å². The van der Waals surface area contributed by atoms with Crippen LogP contribution in [0.3, 0.4) is 0 Å². The van der Waals surface area contributed by atoms with Gasteiger partial charge in [0.05, 0.1) is 5.75 Å². The van der Waals surface area contributed by atoms with Gasteiger partial charge in [-0.3, -0.25) is 0 Å². The maximum Gasteiger partial charge on any atom is 0.326 e. The lowest BCUT2D eigenvalue weighted by Crippen LogP contribution is -2.37. The summed E-state index contributed by atoms with van der Waals surface area (Å²) >= 11 is 0. The molecule has 10 nitrogen and oxygen atoms in total. The molecule has 4 rings (SSSR count).